The lowest BCUT2D eigenvalue weighted by molar-refractivity contribution is -0.122. The van der Waals surface area contributed by atoms with Crippen LogP contribution in [0.3, 0.4) is 0 Å². The van der Waals surface area contributed by atoms with Gasteiger partial charge in [-0.2, -0.15) is 0 Å². The number of carbonyl (C=O) groups is 1. The van der Waals surface area contributed by atoms with Crippen molar-refractivity contribution in [3.05, 3.63) is 59.2 Å². The molecule has 1 amide bonds. The van der Waals surface area contributed by atoms with Crippen molar-refractivity contribution in [2.45, 2.75) is 53.1 Å². The van der Waals surface area contributed by atoms with E-state index in [9.17, 15) is 4.79 Å². The van der Waals surface area contributed by atoms with E-state index in [4.69, 9.17) is 9.37 Å². The molecular weight excluding hydrogens is 366 g/mol. The Hall–Kier alpha value is -3.15. The molecular formula is C23H27N3O3. The van der Waals surface area contributed by atoms with E-state index < -0.39 is 6.10 Å². The Morgan fingerprint density at radius 1 is 1.07 bits per heavy atom. The van der Waals surface area contributed by atoms with Crippen LogP contribution >= 0.6 is 0 Å². The van der Waals surface area contributed by atoms with Crippen molar-refractivity contribution >= 4 is 11.7 Å². The van der Waals surface area contributed by atoms with E-state index in [1.54, 1.807) is 6.92 Å². The number of hydrogen-bond acceptors (Lipinski definition) is 5. The highest BCUT2D eigenvalue weighted by Gasteiger charge is 2.21. The maximum atomic E-state index is 12.6. The van der Waals surface area contributed by atoms with Crippen molar-refractivity contribution in [2.75, 3.05) is 5.32 Å². The van der Waals surface area contributed by atoms with Gasteiger partial charge in [0.1, 0.15) is 5.75 Å². The van der Waals surface area contributed by atoms with Crippen molar-refractivity contribution in [3.63, 3.8) is 0 Å². The van der Waals surface area contributed by atoms with Gasteiger partial charge in [-0.05, 0) is 65.8 Å². The summed E-state index contributed by atoms with van der Waals surface area (Å²) in [5.74, 6) is 0.586. The molecule has 6 nitrogen and oxygen atoms in total. The Labute approximate surface area is 171 Å². The van der Waals surface area contributed by atoms with Crippen LogP contribution in [0.15, 0.2) is 47.1 Å². The molecule has 0 radical (unpaired) electrons. The summed E-state index contributed by atoms with van der Waals surface area (Å²) in [4.78, 5) is 12.6. The zero-order chi connectivity index (χ0) is 21.2. The van der Waals surface area contributed by atoms with Crippen LogP contribution in [-0.4, -0.2) is 22.3 Å². The van der Waals surface area contributed by atoms with Crippen LogP contribution in [0.1, 0.15) is 44.4 Å². The van der Waals surface area contributed by atoms with Gasteiger partial charge in [0.05, 0.1) is 0 Å². The predicted octanol–water partition coefficient (Wildman–Crippen LogP) is 5.06. The minimum Gasteiger partial charge on any atom is -0.481 e. The van der Waals surface area contributed by atoms with E-state index in [1.165, 1.54) is 5.56 Å². The predicted molar refractivity (Wildman–Crippen MR) is 113 cm³/mol. The van der Waals surface area contributed by atoms with Crippen LogP contribution in [0.5, 0.6) is 5.75 Å². The Morgan fingerprint density at radius 3 is 2.41 bits per heavy atom. The number of anilines is 1. The van der Waals surface area contributed by atoms with Crippen LogP contribution in [0, 0.1) is 13.8 Å². The average molecular weight is 393 g/mol. The number of rotatable bonds is 5. The number of aryl methyl sites for hydroxylation is 2. The third-order valence-corrected chi connectivity index (χ3v) is 4.78. The quantitative estimate of drug-likeness (QED) is 0.656. The molecule has 3 aromatic rings. The third kappa shape index (κ3) is 4.83. The topological polar surface area (TPSA) is 77.3 Å². The van der Waals surface area contributed by atoms with Crippen molar-refractivity contribution < 1.29 is 14.2 Å². The second kappa shape index (κ2) is 8.07. The van der Waals surface area contributed by atoms with Gasteiger partial charge in [-0.1, -0.05) is 50.6 Å². The van der Waals surface area contributed by atoms with Gasteiger partial charge >= 0.3 is 0 Å². The minimum atomic E-state index is -0.710. The molecule has 152 valence electrons. The maximum absolute atomic E-state index is 12.6. The molecule has 1 atom stereocenters. The van der Waals surface area contributed by atoms with E-state index >= 15 is 0 Å². The van der Waals surface area contributed by atoms with Crippen LogP contribution in [0.25, 0.3) is 11.3 Å². The number of carbonyl (C=O) groups excluding carboxylic acids is 1. The summed E-state index contributed by atoms with van der Waals surface area (Å²) in [7, 11) is 0. The van der Waals surface area contributed by atoms with Gasteiger partial charge < -0.3 is 10.1 Å². The Morgan fingerprint density at radius 2 is 1.76 bits per heavy atom. The van der Waals surface area contributed by atoms with Gasteiger partial charge in [0.15, 0.2) is 11.8 Å². The summed E-state index contributed by atoms with van der Waals surface area (Å²) in [5.41, 5.74) is 4.74. The molecule has 0 bridgehead atoms. The molecule has 0 saturated heterocycles. The molecule has 6 heteroatoms. The van der Waals surface area contributed by atoms with Gasteiger partial charge in [0, 0.05) is 5.56 Å². The molecule has 0 aliphatic rings. The normalized spacial score (nSPS) is 12.5. The van der Waals surface area contributed by atoms with Crippen molar-refractivity contribution in [1.29, 1.82) is 0 Å². The summed E-state index contributed by atoms with van der Waals surface area (Å²) >= 11 is 0. The van der Waals surface area contributed by atoms with E-state index in [1.807, 2.05) is 56.3 Å². The standard InChI is InChI=1S/C23H27N3O3/c1-14-7-8-15(2)19(13-14)20-21(26-29-25-20)24-22(27)16(3)28-18-11-9-17(10-12-18)23(4,5)6/h7-13,16H,1-6H3,(H,24,26,27). The van der Waals surface area contributed by atoms with Crippen LogP contribution in [0.2, 0.25) is 0 Å². The summed E-state index contributed by atoms with van der Waals surface area (Å²) in [5, 5.41) is 10.6. The first-order chi connectivity index (χ1) is 13.6. The highest BCUT2D eigenvalue weighted by molar-refractivity contribution is 5.96. The molecule has 2 aromatic carbocycles. The fourth-order valence-corrected chi connectivity index (χ4v) is 2.95. The summed E-state index contributed by atoms with van der Waals surface area (Å²) in [6, 6.07) is 13.8. The number of benzene rings is 2. The van der Waals surface area contributed by atoms with Crippen LogP contribution in [0.4, 0.5) is 5.82 Å². The minimum absolute atomic E-state index is 0.0613. The number of hydrogen-bond donors (Lipinski definition) is 1. The second-order valence-corrected chi connectivity index (χ2v) is 8.30. The summed E-state index contributed by atoms with van der Waals surface area (Å²) in [6.45, 7) is 12.1. The lowest BCUT2D eigenvalue weighted by Gasteiger charge is -2.20. The lowest BCUT2D eigenvalue weighted by Crippen LogP contribution is -2.30. The van der Waals surface area contributed by atoms with Gasteiger partial charge in [-0.15, -0.1) is 0 Å². The van der Waals surface area contributed by atoms with Gasteiger partial charge in [0.2, 0.25) is 5.82 Å². The number of ether oxygens (including phenoxy) is 1. The average Bonchev–Trinajstić information content (AvgIpc) is 3.11. The van der Waals surface area contributed by atoms with Gasteiger partial charge in [0.25, 0.3) is 5.91 Å². The van der Waals surface area contributed by atoms with E-state index in [2.05, 4.69) is 36.4 Å². The van der Waals surface area contributed by atoms with Crippen molar-refractivity contribution in [2.24, 2.45) is 0 Å². The third-order valence-electron chi connectivity index (χ3n) is 4.78. The monoisotopic (exact) mass is 393 g/mol. The highest BCUT2D eigenvalue weighted by Crippen LogP contribution is 2.29. The highest BCUT2D eigenvalue weighted by atomic mass is 16.6. The molecule has 3 rings (SSSR count). The van der Waals surface area contributed by atoms with Crippen LogP contribution < -0.4 is 10.1 Å². The zero-order valence-corrected chi connectivity index (χ0v) is 17.7. The summed E-state index contributed by atoms with van der Waals surface area (Å²) < 4.78 is 10.7. The molecule has 0 fully saturated rings. The molecule has 1 aromatic heterocycles. The second-order valence-electron chi connectivity index (χ2n) is 8.30. The van der Waals surface area contributed by atoms with Crippen molar-refractivity contribution in [3.8, 4) is 17.0 Å². The molecule has 29 heavy (non-hydrogen) atoms. The van der Waals surface area contributed by atoms with Crippen molar-refractivity contribution in [1.82, 2.24) is 10.3 Å². The number of nitrogens with zero attached hydrogens (tertiary/aromatic N) is 2. The molecule has 1 N–H and O–H groups in total. The molecule has 0 spiro atoms. The Balaban J connectivity index is 1.71. The van der Waals surface area contributed by atoms with E-state index in [0.717, 1.165) is 16.7 Å². The van der Waals surface area contributed by atoms with Gasteiger partial charge in [-0.3, -0.25) is 4.79 Å². The van der Waals surface area contributed by atoms with Crippen LogP contribution in [-0.2, 0) is 10.2 Å². The number of nitrogens with one attached hydrogen (secondary N) is 1. The first-order valence-corrected chi connectivity index (χ1v) is 9.63. The lowest BCUT2D eigenvalue weighted by atomic mass is 9.87. The Bertz CT molecular complexity index is 1000. The van der Waals surface area contributed by atoms with Gasteiger partial charge in [-0.25, -0.2) is 4.63 Å². The maximum Gasteiger partial charge on any atom is 0.266 e. The fourth-order valence-electron chi connectivity index (χ4n) is 2.95. The molecule has 0 aliphatic carbocycles. The largest absolute Gasteiger partial charge is 0.481 e. The molecule has 1 unspecified atom stereocenters. The molecule has 1 heterocycles. The first-order valence-electron chi connectivity index (χ1n) is 9.63. The van der Waals surface area contributed by atoms with E-state index in [-0.39, 0.29) is 17.1 Å². The number of aromatic nitrogens is 2. The fraction of sp³-hybridized carbons (Fsp3) is 0.348. The number of amides is 1. The smallest absolute Gasteiger partial charge is 0.266 e. The Kier molecular flexibility index (Phi) is 5.73. The first kappa shape index (κ1) is 20.6. The zero-order valence-electron chi connectivity index (χ0n) is 17.7. The SMILES string of the molecule is Cc1ccc(C)c(-c2nonc2NC(=O)C(C)Oc2ccc(C(C)(C)C)cc2)c1. The molecule has 0 saturated carbocycles. The summed E-state index contributed by atoms with van der Waals surface area (Å²) in [6.07, 6.45) is -0.710. The van der Waals surface area contributed by atoms with E-state index in [0.29, 0.717) is 11.4 Å². The molecule has 0 aliphatic heterocycles.